The Morgan fingerprint density at radius 2 is 2.17 bits per heavy atom. The number of anilines is 1. The number of benzene rings is 1. The van der Waals surface area contributed by atoms with Crippen LogP contribution in [-0.4, -0.2) is 39.0 Å². The van der Waals surface area contributed by atoms with Crippen molar-refractivity contribution in [2.75, 3.05) is 18.5 Å². The topological polar surface area (TPSA) is 64.9 Å². The van der Waals surface area contributed by atoms with Crippen LogP contribution < -0.4 is 5.32 Å². The predicted octanol–water partition coefficient (Wildman–Crippen LogP) is 3.71. The van der Waals surface area contributed by atoms with Gasteiger partial charge in [-0.05, 0) is 31.0 Å². The molecule has 1 aromatic carbocycles. The van der Waals surface area contributed by atoms with Crippen molar-refractivity contribution >= 4 is 40.1 Å². The second kappa shape index (κ2) is 6.55. The minimum Gasteiger partial charge on any atom is -0.376 e. The number of aromatic nitrogens is 4. The third-order valence-electron chi connectivity index (χ3n) is 4.03. The number of fused-ring (bicyclic) bond motifs is 1. The molecule has 1 saturated heterocycles. The third kappa shape index (κ3) is 2.92. The maximum Gasteiger partial charge on any atom is 0.168 e. The second-order valence-electron chi connectivity index (χ2n) is 5.63. The zero-order chi connectivity index (χ0) is 16.5. The molecule has 124 valence electrons. The Kier molecular flexibility index (Phi) is 4.26. The van der Waals surface area contributed by atoms with Crippen molar-refractivity contribution < 1.29 is 4.74 Å². The molecule has 8 heteroatoms. The zero-order valence-electron chi connectivity index (χ0n) is 12.7. The van der Waals surface area contributed by atoms with Gasteiger partial charge in [-0.2, -0.15) is 5.10 Å². The highest BCUT2D eigenvalue weighted by Crippen LogP contribution is 2.27. The molecule has 2 aromatic heterocycles. The first kappa shape index (κ1) is 15.6. The van der Waals surface area contributed by atoms with Crippen molar-refractivity contribution in [3.63, 3.8) is 0 Å². The highest BCUT2D eigenvalue weighted by Gasteiger charge is 2.17. The molecule has 0 saturated carbocycles. The highest BCUT2D eigenvalue weighted by atomic mass is 35.5. The Hall–Kier alpha value is -1.89. The molecule has 1 atom stereocenters. The number of hydrogen-bond donors (Lipinski definition) is 1. The fourth-order valence-corrected chi connectivity index (χ4v) is 3.10. The van der Waals surface area contributed by atoms with Gasteiger partial charge < -0.3 is 10.1 Å². The Bertz CT molecular complexity index is 876. The van der Waals surface area contributed by atoms with E-state index in [1.54, 1.807) is 23.0 Å². The highest BCUT2D eigenvalue weighted by molar-refractivity contribution is 6.42. The van der Waals surface area contributed by atoms with E-state index in [9.17, 15) is 0 Å². The van der Waals surface area contributed by atoms with E-state index in [2.05, 4.69) is 20.4 Å². The summed E-state index contributed by atoms with van der Waals surface area (Å²) >= 11 is 12.1. The van der Waals surface area contributed by atoms with Crippen molar-refractivity contribution in [2.24, 2.45) is 0 Å². The number of hydrogen-bond acceptors (Lipinski definition) is 5. The molecule has 0 bridgehead atoms. The van der Waals surface area contributed by atoms with E-state index in [4.69, 9.17) is 27.9 Å². The molecule has 0 spiro atoms. The fraction of sp³-hybridized carbons (Fsp3) is 0.312. The van der Waals surface area contributed by atoms with E-state index in [-0.39, 0.29) is 6.10 Å². The quantitative estimate of drug-likeness (QED) is 0.765. The first-order valence-electron chi connectivity index (χ1n) is 7.72. The van der Waals surface area contributed by atoms with Gasteiger partial charge in [0.15, 0.2) is 5.65 Å². The molecular formula is C16H15Cl2N5O. The Morgan fingerprint density at radius 1 is 1.25 bits per heavy atom. The number of rotatable bonds is 4. The monoisotopic (exact) mass is 363 g/mol. The van der Waals surface area contributed by atoms with E-state index in [1.165, 1.54) is 6.33 Å². The van der Waals surface area contributed by atoms with Gasteiger partial charge in [0.1, 0.15) is 12.1 Å². The maximum absolute atomic E-state index is 6.10. The maximum atomic E-state index is 6.10. The van der Waals surface area contributed by atoms with Crippen LogP contribution in [0.1, 0.15) is 12.8 Å². The summed E-state index contributed by atoms with van der Waals surface area (Å²) in [6, 6.07) is 5.35. The summed E-state index contributed by atoms with van der Waals surface area (Å²) in [5.41, 5.74) is 1.50. The van der Waals surface area contributed by atoms with Crippen molar-refractivity contribution in [1.29, 1.82) is 0 Å². The number of nitrogens with zero attached hydrogens (tertiary/aromatic N) is 4. The van der Waals surface area contributed by atoms with Crippen molar-refractivity contribution in [1.82, 2.24) is 19.7 Å². The average molecular weight is 364 g/mol. The van der Waals surface area contributed by atoms with Crippen LogP contribution in [0.15, 0.2) is 30.7 Å². The molecule has 6 nitrogen and oxygen atoms in total. The Balaban J connectivity index is 1.66. The van der Waals surface area contributed by atoms with Gasteiger partial charge >= 0.3 is 0 Å². The molecular weight excluding hydrogens is 349 g/mol. The lowest BCUT2D eigenvalue weighted by Crippen LogP contribution is -2.19. The molecule has 1 aliphatic heterocycles. The van der Waals surface area contributed by atoms with Gasteiger partial charge in [0.25, 0.3) is 0 Å². The molecule has 0 aliphatic carbocycles. The average Bonchev–Trinajstić information content (AvgIpc) is 3.25. The van der Waals surface area contributed by atoms with Crippen LogP contribution in [0.3, 0.4) is 0 Å². The molecule has 0 radical (unpaired) electrons. The van der Waals surface area contributed by atoms with Crippen LogP contribution in [0, 0.1) is 0 Å². The summed E-state index contributed by atoms with van der Waals surface area (Å²) in [6.45, 7) is 1.56. The predicted molar refractivity (Wildman–Crippen MR) is 94.1 cm³/mol. The van der Waals surface area contributed by atoms with Crippen LogP contribution in [0.4, 0.5) is 5.82 Å². The van der Waals surface area contributed by atoms with E-state index >= 15 is 0 Å². The van der Waals surface area contributed by atoms with Gasteiger partial charge in [0, 0.05) is 13.2 Å². The smallest absolute Gasteiger partial charge is 0.168 e. The van der Waals surface area contributed by atoms with Crippen LogP contribution in [0.2, 0.25) is 10.0 Å². The lowest BCUT2D eigenvalue weighted by atomic mass is 10.2. The first-order chi connectivity index (χ1) is 11.7. The van der Waals surface area contributed by atoms with E-state index in [0.717, 1.165) is 42.9 Å². The lowest BCUT2D eigenvalue weighted by molar-refractivity contribution is 0.120. The number of ether oxygens (including phenoxy) is 1. The number of nitrogens with one attached hydrogen (secondary N) is 1. The Labute approximate surface area is 148 Å². The summed E-state index contributed by atoms with van der Waals surface area (Å²) in [5, 5.41) is 9.59. The SMILES string of the molecule is Clc1ccc(-n2ncc3c(NC[C@@H]4CCCO4)ncnc32)cc1Cl. The summed E-state index contributed by atoms with van der Waals surface area (Å²) < 4.78 is 7.35. The summed E-state index contributed by atoms with van der Waals surface area (Å²) in [4.78, 5) is 8.68. The van der Waals surface area contributed by atoms with Crippen LogP contribution in [0.25, 0.3) is 16.7 Å². The van der Waals surface area contributed by atoms with E-state index in [0.29, 0.717) is 15.7 Å². The van der Waals surface area contributed by atoms with E-state index in [1.807, 2.05) is 6.07 Å². The summed E-state index contributed by atoms with van der Waals surface area (Å²) in [5.74, 6) is 0.752. The third-order valence-corrected chi connectivity index (χ3v) is 4.77. The lowest BCUT2D eigenvalue weighted by Gasteiger charge is -2.11. The molecule has 24 heavy (non-hydrogen) atoms. The standard InChI is InChI=1S/C16H15Cl2N5O/c17-13-4-3-10(6-14(13)18)23-16-12(8-22-23)15(20-9-21-16)19-7-11-2-1-5-24-11/h3-4,6,8-9,11H,1-2,5,7H2,(H,19,20,21)/t11-/m0/s1. The van der Waals surface area contributed by atoms with Crippen LogP contribution >= 0.6 is 23.2 Å². The van der Waals surface area contributed by atoms with Crippen LogP contribution in [0.5, 0.6) is 0 Å². The van der Waals surface area contributed by atoms with Gasteiger partial charge in [0.05, 0.1) is 33.4 Å². The molecule has 0 unspecified atom stereocenters. The van der Waals surface area contributed by atoms with Gasteiger partial charge in [-0.15, -0.1) is 0 Å². The largest absolute Gasteiger partial charge is 0.376 e. The van der Waals surface area contributed by atoms with Crippen molar-refractivity contribution in [2.45, 2.75) is 18.9 Å². The Morgan fingerprint density at radius 3 is 2.96 bits per heavy atom. The van der Waals surface area contributed by atoms with Crippen molar-refractivity contribution in [3.05, 3.63) is 40.8 Å². The minimum absolute atomic E-state index is 0.236. The molecule has 3 aromatic rings. The van der Waals surface area contributed by atoms with Crippen molar-refractivity contribution in [3.8, 4) is 5.69 Å². The van der Waals surface area contributed by atoms with Gasteiger partial charge in [0.2, 0.25) is 0 Å². The second-order valence-corrected chi connectivity index (χ2v) is 6.44. The summed E-state index contributed by atoms with van der Waals surface area (Å²) in [7, 11) is 0. The van der Waals surface area contributed by atoms with Gasteiger partial charge in [-0.3, -0.25) is 0 Å². The van der Waals surface area contributed by atoms with Gasteiger partial charge in [-0.1, -0.05) is 23.2 Å². The summed E-state index contributed by atoms with van der Waals surface area (Å²) in [6.07, 6.45) is 5.69. The van der Waals surface area contributed by atoms with Gasteiger partial charge in [-0.25, -0.2) is 14.6 Å². The molecule has 3 heterocycles. The molecule has 0 amide bonds. The van der Waals surface area contributed by atoms with E-state index < -0.39 is 0 Å². The number of halogens is 2. The zero-order valence-corrected chi connectivity index (χ0v) is 14.3. The molecule has 1 aliphatic rings. The first-order valence-corrected chi connectivity index (χ1v) is 8.47. The molecule has 1 N–H and O–H groups in total. The molecule has 4 rings (SSSR count). The fourth-order valence-electron chi connectivity index (χ4n) is 2.81. The van der Waals surface area contributed by atoms with Crippen LogP contribution in [-0.2, 0) is 4.74 Å². The normalized spacial score (nSPS) is 17.5. The molecule has 1 fully saturated rings. The minimum atomic E-state index is 0.236.